The highest BCUT2D eigenvalue weighted by molar-refractivity contribution is 5.69. The van der Waals surface area contributed by atoms with E-state index in [2.05, 4.69) is 4.74 Å². The van der Waals surface area contributed by atoms with Crippen molar-refractivity contribution in [3.05, 3.63) is 75.8 Å². The van der Waals surface area contributed by atoms with Crippen molar-refractivity contribution in [2.45, 2.75) is 12.4 Å². The van der Waals surface area contributed by atoms with Crippen molar-refractivity contribution in [3.63, 3.8) is 0 Å². The molecule has 2 rings (SSSR count). The monoisotopic (exact) mass is 486 g/mol. The van der Waals surface area contributed by atoms with Crippen LogP contribution < -0.4 is 4.74 Å². The molecule has 2 aromatic carbocycles. The van der Waals surface area contributed by atoms with Crippen LogP contribution in [0.4, 0.5) is 49.1 Å². The molecule has 19 heteroatoms. The van der Waals surface area contributed by atoms with Gasteiger partial charge in [-0.05, 0) is 0 Å². The summed E-state index contributed by atoms with van der Waals surface area (Å²) in [5.41, 5.74) is -11.0. The molecule has 2 aromatic rings. The van der Waals surface area contributed by atoms with Gasteiger partial charge in [0.05, 0.1) is 30.8 Å². The summed E-state index contributed by atoms with van der Waals surface area (Å²) in [7, 11) is 0. The maximum atomic E-state index is 13.0. The Bertz CT molecular complexity index is 1030. The number of hydrogen-bond donors (Lipinski definition) is 0. The average molecular weight is 486 g/mol. The summed E-state index contributed by atoms with van der Waals surface area (Å²) in [5.74, 6) is -3.44. The molecule has 13 nitrogen and oxygen atoms in total. The van der Waals surface area contributed by atoms with Gasteiger partial charge < -0.3 is 4.74 Å². The molecule has 0 amide bonds. The molecule has 0 fully saturated rings. The third kappa shape index (κ3) is 5.02. The van der Waals surface area contributed by atoms with E-state index in [9.17, 15) is 66.8 Å². The lowest BCUT2D eigenvalue weighted by Gasteiger charge is -2.12. The number of benzene rings is 2. The molecule has 0 saturated carbocycles. The Kier molecular flexibility index (Phi) is 6.11. The van der Waals surface area contributed by atoms with E-state index < -0.39 is 77.4 Å². The molecule has 0 radical (unpaired) electrons. The van der Waals surface area contributed by atoms with Gasteiger partial charge >= 0.3 is 35.1 Å². The predicted octanol–water partition coefficient (Wildman–Crippen LogP) is 5.15. The van der Waals surface area contributed by atoms with Crippen LogP contribution >= 0.6 is 0 Å². The Morgan fingerprint density at radius 1 is 0.545 bits per heavy atom. The highest BCUT2D eigenvalue weighted by Gasteiger charge is 2.42. The van der Waals surface area contributed by atoms with Crippen molar-refractivity contribution < 1.29 is 50.8 Å². The van der Waals surface area contributed by atoms with Gasteiger partial charge in [0.2, 0.25) is 0 Å². The minimum absolute atomic E-state index is 0.260. The van der Waals surface area contributed by atoms with Crippen molar-refractivity contribution in [2.75, 3.05) is 0 Å². The molecule has 0 aliphatic heterocycles. The van der Waals surface area contributed by atoms with Gasteiger partial charge in [0, 0.05) is 24.3 Å². The molecule has 0 spiro atoms. The van der Waals surface area contributed by atoms with Crippen LogP contribution in [0.3, 0.4) is 0 Å². The zero-order valence-corrected chi connectivity index (χ0v) is 15.0. The van der Waals surface area contributed by atoms with Crippen LogP contribution in [0.25, 0.3) is 0 Å². The molecule has 0 saturated heterocycles. The van der Waals surface area contributed by atoms with Gasteiger partial charge in [0.25, 0.3) is 11.5 Å². The summed E-state index contributed by atoms with van der Waals surface area (Å²) in [6.07, 6.45) is -10.7. The van der Waals surface area contributed by atoms with Crippen LogP contribution in [0.15, 0.2) is 24.3 Å². The normalized spacial score (nSPS) is 11.7. The lowest BCUT2D eigenvalue weighted by atomic mass is 10.1. The predicted molar refractivity (Wildman–Crippen MR) is 89.6 cm³/mol. The summed E-state index contributed by atoms with van der Waals surface area (Å²) >= 11 is 0. The number of nitro groups is 4. The Hall–Kier alpha value is -4.58. The molecule has 0 aliphatic rings. The smallest absolute Gasteiger partial charge is 0.416 e. The van der Waals surface area contributed by atoms with Crippen LogP contribution in [-0.2, 0) is 12.4 Å². The lowest BCUT2D eigenvalue weighted by molar-refractivity contribution is -0.399. The first-order valence-corrected chi connectivity index (χ1v) is 7.71. The van der Waals surface area contributed by atoms with Gasteiger partial charge in [0.15, 0.2) is 0 Å². The standard InChI is InChI=1S/C14H4F6N4O9/c15-13(16,17)5-1-7(21(25)26)11(8(2-5)22(27)28)33-12-9(23(29)30)3-6(14(18,19)20)4-10(12)24(31)32/h1-4H. The number of alkyl halides is 6. The van der Waals surface area contributed by atoms with Crippen molar-refractivity contribution in [1.29, 1.82) is 0 Å². The Labute approximate surface area is 174 Å². The van der Waals surface area contributed by atoms with Crippen molar-refractivity contribution in [3.8, 4) is 11.5 Å². The Balaban J connectivity index is 2.95. The molecule has 0 N–H and O–H groups in total. The zero-order valence-electron chi connectivity index (χ0n) is 15.0. The summed E-state index contributed by atoms with van der Waals surface area (Å²) in [6.45, 7) is 0. The van der Waals surface area contributed by atoms with Gasteiger partial charge in [-0.1, -0.05) is 0 Å². The topological polar surface area (TPSA) is 182 Å². The quantitative estimate of drug-likeness (QED) is 0.303. The van der Waals surface area contributed by atoms with E-state index in [0.717, 1.165) is 0 Å². The molecule has 0 atom stereocenters. The number of nitrogens with zero attached hydrogens (tertiary/aromatic N) is 4. The lowest BCUT2D eigenvalue weighted by Crippen LogP contribution is -2.10. The van der Waals surface area contributed by atoms with E-state index in [1.165, 1.54) is 0 Å². The number of rotatable bonds is 6. The minimum atomic E-state index is -5.35. The van der Waals surface area contributed by atoms with Crippen molar-refractivity contribution in [1.82, 2.24) is 0 Å². The SMILES string of the molecule is O=[N+]([O-])c1cc(C(F)(F)F)cc([N+](=O)[O-])c1Oc1c([N+](=O)[O-])cc(C(F)(F)F)cc1[N+](=O)[O-]. The van der Waals surface area contributed by atoms with Gasteiger partial charge in [0.1, 0.15) is 0 Å². The fourth-order valence-corrected chi connectivity index (χ4v) is 2.38. The average Bonchev–Trinajstić information content (AvgIpc) is 2.65. The fraction of sp³-hybridized carbons (Fsp3) is 0.143. The molecule has 0 unspecified atom stereocenters. The second kappa shape index (κ2) is 8.16. The van der Waals surface area contributed by atoms with Crippen molar-refractivity contribution >= 4 is 22.7 Å². The van der Waals surface area contributed by atoms with Gasteiger partial charge in [-0.25, -0.2) is 0 Å². The molecule has 0 bridgehead atoms. The molecule has 176 valence electrons. The third-order valence-electron chi connectivity index (χ3n) is 3.75. The van der Waals surface area contributed by atoms with Gasteiger partial charge in [-0.2, -0.15) is 26.3 Å². The number of halogens is 6. The second-order valence-electron chi connectivity index (χ2n) is 5.81. The van der Waals surface area contributed by atoms with E-state index in [0.29, 0.717) is 0 Å². The van der Waals surface area contributed by atoms with Crippen LogP contribution in [0.5, 0.6) is 11.5 Å². The molecule has 0 aliphatic carbocycles. The van der Waals surface area contributed by atoms with E-state index in [4.69, 9.17) is 0 Å². The fourth-order valence-electron chi connectivity index (χ4n) is 2.38. The first-order chi connectivity index (χ1) is 14.9. The first kappa shape index (κ1) is 24.7. The van der Waals surface area contributed by atoms with Gasteiger partial charge in [-0.15, -0.1) is 0 Å². The van der Waals surface area contributed by atoms with Gasteiger partial charge in [-0.3, -0.25) is 40.5 Å². The van der Waals surface area contributed by atoms with Crippen LogP contribution in [0.1, 0.15) is 11.1 Å². The largest absolute Gasteiger partial charge is 0.430 e. The summed E-state index contributed by atoms with van der Waals surface area (Å²) < 4.78 is 82.3. The minimum Gasteiger partial charge on any atom is -0.430 e. The molecule has 0 heterocycles. The maximum absolute atomic E-state index is 13.0. The second-order valence-corrected chi connectivity index (χ2v) is 5.81. The summed E-state index contributed by atoms with van der Waals surface area (Å²) in [6, 6.07) is -1.04. The third-order valence-corrected chi connectivity index (χ3v) is 3.75. The van der Waals surface area contributed by atoms with E-state index in [-0.39, 0.29) is 24.3 Å². The first-order valence-electron chi connectivity index (χ1n) is 7.71. The van der Waals surface area contributed by atoms with Crippen LogP contribution in [0.2, 0.25) is 0 Å². The molecular weight excluding hydrogens is 482 g/mol. The Morgan fingerprint density at radius 2 is 0.758 bits per heavy atom. The highest BCUT2D eigenvalue weighted by Crippen LogP contribution is 2.49. The summed E-state index contributed by atoms with van der Waals surface area (Å²) in [4.78, 5) is 38.3. The van der Waals surface area contributed by atoms with E-state index in [1.54, 1.807) is 0 Å². The maximum Gasteiger partial charge on any atom is 0.416 e. The van der Waals surface area contributed by atoms with E-state index >= 15 is 0 Å². The Morgan fingerprint density at radius 3 is 0.909 bits per heavy atom. The zero-order chi connectivity index (χ0) is 25.5. The van der Waals surface area contributed by atoms with Crippen LogP contribution in [0, 0.1) is 40.5 Å². The molecule has 33 heavy (non-hydrogen) atoms. The molecule has 0 aromatic heterocycles. The summed E-state index contributed by atoms with van der Waals surface area (Å²) in [5, 5.41) is 44.8. The van der Waals surface area contributed by atoms with Crippen LogP contribution in [-0.4, -0.2) is 19.7 Å². The number of nitro benzene ring substituents is 4. The highest BCUT2D eigenvalue weighted by atomic mass is 19.4. The van der Waals surface area contributed by atoms with Crippen molar-refractivity contribution in [2.24, 2.45) is 0 Å². The number of hydrogen-bond acceptors (Lipinski definition) is 9. The number of ether oxygens (including phenoxy) is 1. The van der Waals surface area contributed by atoms with E-state index in [1.807, 2.05) is 0 Å². The molecular formula is C14H4F6N4O9.